The number of thiophene rings is 1. The van der Waals surface area contributed by atoms with Crippen LogP contribution in [-0.2, 0) is 6.61 Å². The third kappa shape index (κ3) is 3.13. The largest absolute Gasteiger partial charge is 0.488 e. The van der Waals surface area contributed by atoms with E-state index in [1.54, 1.807) is 11.3 Å². The number of nitrogens with two attached hydrogens (primary N) is 1. The van der Waals surface area contributed by atoms with Gasteiger partial charge < -0.3 is 10.5 Å². The molecule has 1 aromatic heterocycles. The van der Waals surface area contributed by atoms with Gasteiger partial charge >= 0.3 is 0 Å². The molecule has 1 heterocycles. The van der Waals surface area contributed by atoms with Crippen LogP contribution in [0.3, 0.4) is 0 Å². The Morgan fingerprint density at radius 2 is 2.11 bits per heavy atom. The van der Waals surface area contributed by atoms with Crippen LogP contribution in [0.15, 0.2) is 40.2 Å². The fourth-order valence-electron chi connectivity index (χ4n) is 1.71. The average molecular weight is 326 g/mol. The topological polar surface area (TPSA) is 35.2 Å². The minimum Gasteiger partial charge on any atom is -0.488 e. The van der Waals surface area contributed by atoms with Gasteiger partial charge in [0.05, 0.1) is 4.88 Å². The number of hydrogen-bond donors (Lipinski definition) is 1. The summed E-state index contributed by atoms with van der Waals surface area (Å²) in [5.41, 5.74) is 7.16. The van der Waals surface area contributed by atoms with Crippen molar-refractivity contribution in [3.63, 3.8) is 0 Å². The highest BCUT2D eigenvalue weighted by molar-refractivity contribution is 9.10. The lowest BCUT2D eigenvalue weighted by atomic mass is 10.0. The van der Waals surface area contributed by atoms with E-state index in [0.717, 1.165) is 22.2 Å². The van der Waals surface area contributed by atoms with Crippen molar-refractivity contribution in [2.24, 2.45) is 5.73 Å². The minimum absolute atomic E-state index is 0.0352. The fourth-order valence-corrected chi connectivity index (χ4v) is 3.09. The van der Waals surface area contributed by atoms with Crippen LogP contribution in [0.4, 0.5) is 0 Å². The van der Waals surface area contributed by atoms with E-state index in [2.05, 4.69) is 22.9 Å². The van der Waals surface area contributed by atoms with Crippen molar-refractivity contribution >= 4 is 27.3 Å². The summed E-state index contributed by atoms with van der Waals surface area (Å²) < 4.78 is 6.99. The lowest BCUT2D eigenvalue weighted by Crippen LogP contribution is -2.10. The molecule has 0 aliphatic rings. The summed E-state index contributed by atoms with van der Waals surface area (Å²) in [6.45, 7) is 2.66. The first-order valence-corrected chi connectivity index (χ1v) is 7.58. The molecule has 0 aliphatic heterocycles. The molecule has 4 heteroatoms. The summed E-state index contributed by atoms with van der Waals surface area (Å²) in [6.07, 6.45) is 0.906. The molecule has 2 N–H and O–H groups in total. The van der Waals surface area contributed by atoms with Crippen LogP contribution < -0.4 is 10.5 Å². The van der Waals surface area contributed by atoms with Crippen molar-refractivity contribution in [3.05, 3.63) is 50.6 Å². The SMILES string of the molecule is CC[C@H](N)c1ccccc1OCc1sccc1Br. The van der Waals surface area contributed by atoms with Crippen LogP contribution in [0, 0.1) is 0 Å². The molecule has 0 spiro atoms. The molecule has 1 atom stereocenters. The quantitative estimate of drug-likeness (QED) is 0.878. The first-order chi connectivity index (χ1) is 8.72. The number of hydrogen-bond acceptors (Lipinski definition) is 3. The molecule has 0 saturated carbocycles. The number of benzene rings is 1. The highest BCUT2D eigenvalue weighted by Crippen LogP contribution is 2.28. The summed E-state index contributed by atoms with van der Waals surface area (Å²) in [6, 6.07) is 10.1. The van der Waals surface area contributed by atoms with E-state index in [1.165, 1.54) is 4.88 Å². The van der Waals surface area contributed by atoms with Crippen molar-refractivity contribution in [1.29, 1.82) is 0 Å². The zero-order valence-electron chi connectivity index (χ0n) is 10.2. The van der Waals surface area contributed by atoms with Gasteiger partial charge in [-0.05, 0) is 39.9 Å². The molecule has 0 unspecified atom stereocenters. The van der Waals surface area contributed by atoms with E-state index < -0.39 is 0 Å². The Morgan fingerprint density at radius 1 is 1.33 bits per heavy atom. The van der Waals surface area contributed by atoms with E-state index in [9.17, 15) is 0 Å². The highest BCUT2D eigenvalue weighted by Gasteiger charge is 2.10. The maximum absolute atomic E-state index is 6.09. The summed E-state index contributed by atoms with van der Waals surface area (Å²) in [5.74, 6) is 0.882. The van der Waals surface area contributed by atoms with Crippen LogP contribution in [-0.4, -0.2) is 0 Å². The standard InChI is InChI=1S/C14H16BrNOS/c1-2-12(16)10-5-3-4-6-13(10)17-9-14-11(15)7-8-18-14/h3-8,12H,2,9,16H2,1H3/t12-/m0/s1. The average Bonchev–Trinajstić information content (AvgIpc) is 2.81. The minimum atomic E-state index is 0.0352. The van der Waals surface area contributed by atoms with Crippen LogP contribution >= 0.6 is 27.3 Å². The smallest absolute Gasteiger partial charge is 0.124 e. The Morgan fingerprint density at radius 3 is 2.78 bits per heavy atom. The number of rotatable bonds is 5. The molecule has 1 aromatic carbocycles. The monoisotopic (exact) mass is 325 g/mol. The molecule has 0 saturated heterocycles. The van der Waals surface area contributed by atoms with Gasteiger partial charge in [0.25, 0.3) is 0 Å². The van der Waals surface area contributed by atoms with Crippen molar-refractivity contribution in [3.8, 4) is 5.75 Å². The van der Waals surface area contributed by atoms with Gasteiger partial charge in [-0.1, -0.05) is 25.1 Å². The number of halogens is 1. The Labute approximate surface area is 120 Å². The molecule has 2 aromatic rings. The predicted octanol–water partition coefficient (Wildman–Crippen LogP) is 4.50. The molecule has 18 heavy (non-hydrogen) atoms. The van der Waals surface area contributed by atoms with E-state index in [0.29, 0.717) is 6.61 Å². The second-order valence-corrected chi connectivity index (χ2v) is 5.89. The Hall–Kier alpha value is -0.840. The number of para-hydroxylation sites is 1. The van der Waals surface area contributed by atoms with Gasteiger partial charge in [-0.15, -0.1) is 11.3 Å². The summed E-state index contributed by atoms with van der Waals surface area (Å²) >= 11 is 5.19. The second kappa shape index (κ2) is 6.36. The maximum atomic E-state index is 6.09. The Balaban J connectivity index is 2.12. The zero-order chi connectivity index (χ0) is 13.0. The van der Waals surface area contributed by atoms with Gasteiger partial charge in [0.15, 0.2) is 0 Å². The Kier molecular flexibility index (Phi) is 4.80. The van der Waals surface area contributed by atoms with Crippen LogP contribution in [0.5, 0.6) is 5.75 Å². The van der Waals surface area contributed by atoms with Crippen LogP contribution in [0.2, 0.25) is 0 Å². The molecular formula is C14H16BrNOS. The van der Waals surface area contributed by atoms with Crippen molar-refractivity contribution in [1.82, 2.24) is 0 Å². The zero-order valence-corrected chi connectivity index (χ0v) is 12.6. The molecule has 0 amide bonds. The van der Waals surface area contributed by atoms with Crippen LogP contribution in [0.25, 0.3) is 0 Å². The fraction of sp³-hybridized carbons (Fsp3) is 0.286. The summed E-state index contributed by atoms with van der Waals surface area (Å²) in [4.78, 5) is 1.19. The van der Waals surface area contributed by atoms with Gasteiger partial charge in [-0.25, -0.2) is 0 Å². The van der Waals surface area contributed by atoms with Crippen LogP contribution in [0.1, 0.15) is 29.8 Å². The molecule has 0 radical (unpaired) electrons. The lowest BCUT2D eigenvalue weighted by molar-refractivity contribution is 0.303. The van der Waals surface area contributed by atoms with Crippen molar-refractivity contribution in [2.45, 2.75) is 26.0 Å². The molecule has 0 fully saturated rings. The summed E-state index contributed by atoms with van der Waals surface area (Å²) in [5, 5.41) is 2.05. The molecule has 96 valence electrons. The van der Waals surface area contributed by atoms with E-state index >= 15 is 0 Å². The van der Waals surface area contributed by atoms with Gasteiger partial charge in [0.1, 0.15) is 12.4 Å². The van der Waals surface area contributed by atoms with E-state index in [-0.39, 0.29) is 6.04 Å². The second-order valence-electron chi connectivity index (χ2n) is 4.03. The highest BCUT2D eigenvalue weighted by atomic mass is 79.9. The third-order valence-electron chi connectivity index (χ3n) is 2.81. The van der Waals surface area contributed by atoms with Crippen molar-refractivity contribution in [2.75, 3.05) is 0 Å². The third-order valence-corrected chi connectivity index (χ3v) is 4.71. The first-order valence-electron chi connectivity index (χ1n) is 5.91. The van der Waals surface area contributed by atoms with Gasteiger partial charge in [-0.2, -0.15) is 0 Å². The van der Waals surface area contributed by atoms with E-state index in [4.69, 9.17) is 10.5 Å². The van der Waals surface area contributed by atoms with Gasteiger partial charge in [-0.3, -0.25) is 0 Å². The van der Waals surface area contributed by atoms with Gasteiger partial charge in [0.2, 0.25) is 0 Å². The molecule has 2 rings (SSSR count). The first kappa shape index (κ1) is 13.6. The molecule has 0 bridgehead atoms. The van der Waals surface area contributed by atoms with Crippen molar-refractivity contribution < 1.29 is 4.74 Å². The predicted molar refractivity (Wildman–Crippen MR) is 80.0 cm³/mol. The maximum Gasteiger partial charge on any atom is 0.124 e. The van der Waals surface area contributed by atoms with E-state index in [1.807, 2.05) is 35.7 Å². The lowest BCUT2D eigenvalue weighted by Gasteiger charge is -2.15. The molecule has 0 aliphatic carbocycles. The molecule has 2 nitrogen and oxygen atoms in total. The Bertz CT molecular complexity index is 512. The number of ether oxygens (including phenoxy) is 1. The summed E-state index contributed by atoms with van der Waals surface area (Å²) in [7, 11) is 0. The normalized spacial score (nSPS) is 12.4. The van der Waals surface area contributed by atoms with Gasteiger partial charge in [0, 0.05) is 16.1 Å². The molecular weight excluding hydrogens is 310 g/mol.